The van der Waals surface area contributed by atoms with Crippen LogP contribution < -0.4 is 11.4 Å². The van der Waals surface area contributed by atoms with E-state index in [-0.39, 0.29) is 9.31 Å². The van der Waals surface area contributed by atoms with E-state index in [0.29, 0.717) is 0 Å². The molecule has 1 heterocycles. The van der Waals surface area contributed by atoms with Crippen molar-refractivity contribution in [1.82, 2.24) is 9.31 Å². The van der Waals surface area contributed by atoms with Crippen LogP contribution in [0.5, 0.6) is 0 Å². The average molecular weight is 298 g/mol. The van der Waals surface area contributed by atoms with Gasteiger partial charge in [0.05, 0.1) is 9.85 Å². The molecule has 1 aromatic heterocycles. The molecule has 0 unspecified atom stereocenters. The molecule has 12 nitrogen and oxygen atoms in total. The third kappa shape index (κ3) is 2.18. The smallest absolute Gasteiger partial charge is 0.376 e. The fourth-order valence-corrected chi connectivity index (χ4v) is 1.64. The van der Waals surface area contributed by atoms with Crippen LogP contribution in [0.2, 0.25) is 0 Å². The maximum atomic E-state index is 11.8. The fourth-order valence-electron chi connectivity index (χ4n) is 1.64. The molecule has 12 heteroatoms. The first-order valence-electron chi connectivity index (χ1n) is 5.24. The van der Waals surface area contributed by atoms with Gasteiger partial charge in [-0.05, 0) is 6.07 Å². The molecular formula is C9H6N4O8. The summed E-state index contributed by atoms with van der Waals surface area (Å²) in [6.45, 7) is -1.04. The van der Waals surface area contributed by atoms with Crippen LogP contribution in [0.1, 0.15) is 0 Å². The van der Waals surface area contributed by atoms with Crippen molar-refractivity contribution in [3.8, 4) is 5.69 Å². The summed E-state index contributed by atoms with van der Waals surface area (Å²) < 4.78 is 4.76. The normalized spacial score (nSPS) is 10.5. The van der Waals surface area contributed by atoms with E-state index in [1.165, 1.54) is 0 Å². The SMILES string of the molecule is O=c1on(-c2c([N+](=O)[O-])cccc2[N+](=O)[O-])c(=O)n1CO. The predicted molar refractivity (Wildman–Crippen MR) is 64.1 cm³/mol. The minimum absolute atomic E-state index is 0.106. The van der Waals surface area contributed by atoms with Crippen molar-refractivity contribution in [1.29, 1.82) is 0 Å². The topological polar surface area (TPSA) is 164 Å². The Morgan fingerprint density at radius 2 is 1.67 bits per heavy atom. The van der Waals surface area contributed by atoms with Gasteiger partial charge < -0.3 is 9.63 Å². The van der Waals surface area contributed by atoms with E-state index in [0.717, 1.165) is 18.2 Å². The van der Waals surface area contributed by atoms with Gasteiger partial charge in [-0.3, -0.25) is 20.2 Å². The van der Waals surface area contributed by atoms with Gasteiger partial charge in [0, 0.05) is 12.1 Å². The van der Waals surface area contributed by atoms with E-state index in [1.807, 2.05) is 0 Å². The first kappa shape index (κ1) is 14.1. The summed E-state index contributed by atoms with van der Waals surface area (Å²) in [6, 6.07) is 2.86. The lowest BCUT2D eigenvalue weighted by Crippen LogP contribution is -2.28. The zero-order valence-corrected chi connectivity index (χ0v) is 10.0. The number of aliphatic hydroxyl groups is 1. The first-order chi connectivity index (χ1) is 9.88. The standard InChI is InChI=1S/C9H6N4O8/c14-4-10-8(15)11(21-9(10)16)7-5(12(17)18)2-1-3-6(7)13(19)20/h1-3,14H,4H2. The van der Waals surface area contributed by atoms with Gasteiger partial charge in [-0.1, -0.05) is 0 Å². The quantitative estimate of drug-likeness (QED) is 0.575. The molecular weight excluding hydrogens is 292 g/mol. The van der Waals surface area contributed by atoms with Crippen molar-refractivity contribution >= 4 is 11.4 Å². The molecule has 21 heavy (non-hydrogen) atoms. The van der Waals surface area contributed by atoms with E-state index >= 15 is 0 Å². The summed E-state index contributed by atoms with van der Waals surface area (Å²) in [5.74, 6) is -1.31. The Hall–Kier alpha value is -3.28. The minimum atomic E-state index is -1.31. The number of nitro benzene ring substituents is 2. The van der Waals surface area contributed by atoms with E-state index in [9.17, 15) is 29.8 Å². The second-order valence-corrected chi connectivity index (χ2v) is 3.66. The van der Waals surface area contributed by atoms with Crippen molar-refractivity contribution in [3.05, 3.63) is 59.5 Å². The molecule has 0 aliphatic carbocycles. The lowest BCUT2D eigenvalue weighted by molar-refractivity contribution is -0.394. The van der Waals surface area contributed by atoms with Gasteiger partial charge in [-0.2, -0.15) is 0 Å². The van der Waals surface area contributed by atoms with Crippen LogP contribution in [0.25, 0.3) is 5.69 Å². The van der Waals surface area contributed by atoms with Gasteiger partial charge in [-0.15, -0.1) is 4.74 Å². The van der Waals surface area contributed by atoms with Crippen LogP contribution in [-0.2, 0) is 6.73 Å². The molecule has 0 fully saturated rings. The third-order valence-electron chi connectivity index (χ3n) is 2.53. The van der Waals surface area contributed by atoms with E-state index < -0.39 is 45.1 Å². The van der Waals surface area contributed by atoms with Crippen LogP contribution >= 0.6 is 0 Å². The molecule has 0 aliphatic rings. The molecule has 0 saturated carbocycles. The molecule has 1 N–H and O–H groups in total. The number of nitrogens with zero attached hydrogens (tertiary/aromatic N) is 4. The molecule has 0 atom stereocenters. The number of hydrogen-bond acceptors (Lipinski definition) is 8. The third-order valence-corrected chi connectivity index (χ3v) is 2.53. The second-order valence-electron chi connectivity index (χ2n) is 3.66. The molecule has 0 amide bonds. The minimum Gasteiger partial charge on any atom is -0.376 e. The van der Waals surface area contributed by atoms with Gasteiger partial charge in [0.15, 0.2) is 0 Å². The number of nitro groups is 2. The zero-order chi connectivity index (χ0) is 15.7. The Labute approximate surface area is 113 Å². The van der Waals surface area contributed by atoms with E-state index in [2.05, 4.69) is 4.52 Å². The Kier molecular flexibility index (Phi) is 3.37. The lowest BCUT2D eigenvalue weighted by atomic mass is 10.2. The molecule has 0 bridgehead atoms. The highest BCUT2D eigenvalue weighted by molar-refractivity contribution is 5.64. The molecule has 2 aromatic rings. The highest BCUT2D eigenvalue weighted by Gasteiger charge is 2.30. The summed E-state index contributed by atoms with van der Waals surface area (Å²) in [7, 11) is 0. The van der Waals surface area contributed by atoms with E-state index in [1.54, 1.807) is 0 Å². The summed E-state index contributed by atoms with van der Waals surface area (Å²) in [6.07, 6.45) is 0. The Morgan fingerprint density at radius 1 is 1.14 bits per heavy atom. The number of para-hydroxylation sites is 1. The summed E-state index contributed by atoms with van der Waals surface area (Å²) in [5.41, 5.74) is -3.68. The summed E-state index contributed by atoms with van der Waals surface area (Å²) in [4.78, 5) is 43.0. The van der Waals surface area contributed by atoms with Crippen molar-refractivity contribution in [2.45, 2.75) is 6.73 Å². The van der Waals surface area contributed by atoms with Crippen molar-refractivity contribution < 1.29 is 19.5 Å². The number of benzene rings is 1. The maximum Gasteiger partial charge on any atom is 0.445 e. The molecule has 0 aliphatic heterocycles. The molecule has 0 radical (unpaired) electrons. The monoisotopic (exact) mass is 298 g/mol. The van der Waals surface area contributed by atoms with Crippen LogP contribution in [0.4, 0.5) is 11.4 Å². The Balaban J connectivity index is 2.91. The average Bonchev–Trinajstić information content (AvgIpc) is 2.72. The highest BCUT2D eigenvalue weighted by atomic mass is 16.6. The fraction of sp³-hybridized carbons (Fsp3) is 0.111. The van der Waals surface area contributed by atoms with E-state index in [4.69, 9.17) is 5.11 Å². The number of aromatic nitrogens is 2. The number of rotatable bonds is 4. The summed E-state index contributed by atoms with van der Waals surface area (Å²) in [5, 5.41) is 30.7. The van der Waals surface area contributed by atoms with Crippen LogP contribution in [0, 0.1) is 20.2 Å². The second kappa shape index (κ2) is 5.01. The highest BCUT2D eigenvalue weighted by Crippen LogP contribution is 2.30. The molecule has 110 valence electrons. The molecule has 0 saturated heterocycles. The Bertz CT molecular complexity index is 812. The zero-order valence-electron chi connectivity index (χ0n) is 10.0. The first-order valence-corrected chi connectivity index (χ1v) is 5.24. The van der Waals surface area contributed by atoms with Gasteiger partial charge in [0.1, 0.15) is 6.73 Å². The molecule has 0 spiro atoms. The largest absolute Gasteiger partial charge is 0.445 e. The van der Waals surface area contributed by atoms with Gasteiger partial charge in [-0.25, -0.2) is 14.2 Å². The van der Waals surface area contributed by atoms with Crippen LogP contribution in [-0.4, -0.2) is 24.3 Å². The molecule has 2 rings (SSSR count). The van der Waals surface area contributed by atoms with Crippen molar-refractivity contribution in [2.75, 3.05) is 0 Å². The van der Waals surface area contributed by atoms with Crippen molar-refractivity contribution in [3.63, 3.8) is 0 Å². The van der Waals surface area contributed by atoms with Gasteiger partial charge >= 0.3 is 22.8 Å². The number of aliphatic hydroxyl groups excluding tert-OH is 1. The lowest BCUT2D eigenvalue weighted by Gasteiger charge is -2.01. The number of hydrogen-bond donors (Lipinski definition) is 1. The van der Waals surface area contributed by atoms with Crippen LogP contribution in [0.15, 0.2) is 32.3 Å². The van der Waals surface area contributed by atoms with Gasteiger partial charge in [0.2, 0.25) is 5.69 Å². The van der Waals surface area contributed by atoms with Gasteiger partial charge in [0.25, 0.3) is 0 Å². The van der Waals surface area contributed by atoms with Crippen LogP contribution in [0.3, 0.4) is 0 Å². The summed E-state index contributed by atoms with van der Waals surface area (Å²) >= 11 is 0. The molecule has 1 aromatic carbocycles. The Morgan fingerprint density at radius 3 is 2.05 bits per heavy atom. The maximum absolute atomic E-state index is 11.8. The van der Waals surface area contributed by atoms with Crippen molar-refractivity contribution in [2.24, 2.45) is 0 Å². The predicted octanol–water partition coefficient (Wildman–Crippen LogP) is -0.642.